The third kappa shape index (κ3) is 31.4. The lowest BCUT2D eigenvalue weighted by atomic mass is 9.81. The number of carboxylic acids is 3. The third-order valence-electron chi connectivity index (χ3n) is 16.7. The lowest BCUT2D eigenvalue weighted by Crippen LogP contribution is -2.46. The Hall–Kier alpha value is -9.18. The van der Waals surface area contributed by atoms with Gasteiger partial charge in [0.1, 0.15) is 35.7 Å². The molecule has 558 valence electrons. The number of amides is 3. The summed E-state index contributed by atoms with van der Waals surface area (Å²) >= 11 is 0. The number of ether oxygens (including phenoxy) is 1. The van der Waals surface area contributed by atoms with Gasteiger partial charge in [-0.1, -0.05) is 68.5 Å². The van der Waals surface area contributed by atoms with Crippen LogP contribution in [0.1, 0.15) is 160 Å². The van der Waals surface area contributed by atoms with E-state index in [0.717, 1.165) is 51.5 Å². The molecule has 3 aromatic rings. The minimum absolute atomic E-state index is 0.0336. The van der Waals surface area contributed by atoms with Gasteiger partial charge in [0.15, 0.2) is 5.71 Å². The Morgan fingerprint density at radius 2 is 1.26 bits per heavy atom. The van der Waals surface area contributed by atoms with E-state index >= 15 is 0 Å². The summed E-state index contributed by atoms with van der Waals surface area (Å²) in [5.74, 6) is -4.99. The molecule has 0 bridgehead atoms. The predicted octanol–water partition coefficient (Wildman–Crippen LogP) is 6.77. The fourth-order valence-electron chi connectivity index (χ4n) is 11.8. The molecule has 30 nitrogen and oxygen atoms in total. The van der Waals surface area contributed by atoms with Gasteiger partial charge in [-0.05, 0) is 144 Å². The largest absolute Gasteiger partial charge is 0.748 e. The molecule has 3 amide bonds. The summed E-state index contributed by atoms with van der Waals surface area (Å²) in [6, 6.07) is 21.2. The van der Waals surface area contributed by atoms with Crippen molar-refractivity contribution in [3.05, 3.63) is 136 Å². The summed E-state index contributed by atoms with van der Waals surface area (Å²) in [6.07, 6.45) is 13.0. The summed E-state index contributed by atoms with van der Waals surface area (Å²) in [4.78, 5) is 103. The predicted molar refractivity (Wildman–Crippen MR) is 367 cm³/mol. The van der Waals surface area contributed by atoms with Crippen LogP contribution in [0.3, 0.4) is 0 Å². The van der Waals surface area contributed by atoms with E-state index in [9.17, 15) is 69.7 Å². The second kappa shape index (κ2) is 42.9. The molecule has 2 atom stereocenters. The first kappa shape index (κ1) is 87.0. The minimum Gasteiger partial charge on any atom is -0.748 e. The summed E-state index contributed by atoms with van der Waals surface area (Å²) in [5.41, 5.74) is 7.81. The van der Waals surface area contributed by atoms with Crippen molar-refractivity contribution in [3.8, 4) is 5.75 Å². The normalized spacial score (nSPS) is 15.5. The van der Waals surface area contributed by atoms with Crippen molar-refractivity contribution >= 4 is 106 Å². The Balaban J connectivity index is 0.00000229. The van der Waals surface area contributed by atoms with Crippen molar-refractivity contribution in [3.63, 3.8) is 0 Å². The van der Waals surface area contributed by atoms with Crippen molar-refractivity contribution in [2.75, 3.05) is 42.6 Å². The number of ketones is 2. The molecule has 0 saturated carbocycles. The summed E-state index contributed by atoms with van der Waals surface area (Å²) < 4.78 is 127. The van der Waals surface area contributed by atoms with Gasteiger partial charge in [-0.3, -0.25) is 28.5 Å². The molecule has 0 radical (unpaired) electrons. The maximum atomic E-state index is 13.2. The number of carbonyl (C=O) groups excluding carboxylic acids is 6. The number of para-hydroxylation sites is 2. The molecule has 3 aromatic carbocycles. The first-order valence-electron chi connectivity index (χ1n) is 32.6. The monoisotopic (exact) mass is 1500 g/mol. The van der Waals surface area contributed by atoms with Crippen LogP contribution in [0.5, 0.6) is 5.75 Å². The number of urea groups is 1. The average molecular weight is 1500 g/mol. The van der Waals surface area contributed by atoms with Gasteiger partial charge in [0.25, 0.3) is 10.1 Å². The van der Waals surface area contributed by atoms with Crippen LogP contribution in [0.2, 0.25) is 0 Å². The standard InChI is InChI=1S/C67H87N5O17S2.CO2.2O3S/c1-66(2)53-22-6-8-24-56(53)71(40-11-13-42-90(83,84)85)58(66)36-30-47-18-15-19-48(31-37-59-67(3,4)54-23-7-9-25-57(54)72(59)41-12-14-43-91(86,87)88)62(47)89-52-33-28-46(29-34-52)44-49(63(78)79)45-51(74)21-16-38-68-60(75)26-10-5-20-50(73)32-35-55(64(80)81)70-65(82)69-39-17-27-61(76)77;2-1-3;2*1-4(2)3/h6-9,22-25,28-31,33-34,36-37,49,55H,5,10-21,26-27,32,35,38-45H2,1-4H3,(H7-,68,69,70,75,76,77,78,79,80,81,82,83,84,85,86,87,88);;;/t49-,55+;;;/m1.../s1. The SMILES string of the molecule is CC1(C)C(=CC=C2CCCC(C=CC3=[N+](CCCCS(=O)(=O)O)c4ccccc4C3(C)C)=C2Oc2ccc(C[C@H](CC(=O)CCCNC(=O)CCCCC(=O)CC[C@H](NC(=O)NCCCC(=O)O)C(=O)O)C(=O)O)cc2)N(CCCCS(=O)(=O)[O-])c2ccccc21.O=C=O.O=S(=O)=O.O=S(=O)=O. The highest BCUT2D eigenvalue weighted by molar-refractivity contribution is 7.85. The first-order chi connectivity index (χ1) is 47.9. The molecule has 7 N–H and O–H groups in total. The lowest BCUT2D eigenvalue weighted by molar-refractivity contribution is -0.438. The van der Waals surface area contributed by atoms with Gasteiger partial charge < -0.3 is 45.5 Å². The molecule has 2 heterocycles. The van der Waals surface area contributed by atoms with Crippen molar-refractivity contribution in [2.24, 2.45) is 5.92 Å². The maximum absolute atomic E-state index is 13.2. The van der Waals surface area contributed by atoms with Crippen molar-refractivity contribution in [1.82, 2.24) is 16.0 Å². The molecule has 0 spiro atoms. The molecule has 0 fully saturated rings. The molecule has 0 saturated heterocycles. The maximum Gasteiger partial charge on any atom is 0.425 e. The number of nitrogens with zero attached hydrogens (tertiary/aromatic N) is 2. The number of Topliss-reactive ketones (excluding diaryl/α,β-unsaturated/α-hetero) is 2. The van der Waals surface area contributed by atoms with Gasteiger partial charge in [0, 0.05) is 105 Å². The quantitative estimate of drug-likeness (QED) is 0.0177. The number of nitrogens with one attached hydrogen (secondary N) is 3. The summed E-state index contributed by atoms with van der Waals surface area (Å²) in [6.45, 7) is 9.78. The zero-order valence-electron chi connectivity index (χ0n) is 57.0. The number of hydrogen-bond donors (Lipinski definition) is 7. The van der Waals surface area contributed by atoms with Crippen LogP contribution >= 0.6 is 0 Å². The number of benzene rings is 3. The Morgan fingerprint density at radius 3 is 1.88 bits per heavy atom. The molecule has 0 aromatic heterocycles. The van der Waals surface area contributed by atoms with E-state index in [4.69, 9.17) is 44.7 Å². The molecule has 102 heavy (non-hydrogen) atoms. The van der Waals surface area contributed by atoms with Crippen LogP contribution in [0.15, 0.2) is 120 Å². The Kier molecular flexibility index (Phi) is 36.6. The molecule has 6 rings (SSSR count). The van der Waals surface area contributed by atoms with E-state index in [-0.39, 0.29) is 120 Å². The molecule has 2 aliphatic heterocycles. The lowest BCUT2D eigenvalue weighted by Gasteiger charge is -2.28. The average Bonchev–Trinajstić information content (AvgIpc) is 1.60. The van der Waals surface area contributed by atoms with E-state index in [1.165, 1.54) is 0 Å². The number of carboxylic acid groups (broad SMARTS) is 3. The Bertz CT molecular complexity index is 4100. The highest BCUT2D eigenvalue weighted by Gasteiger charge is 2.44. The first-order valence-corrected chi connectivity index (χ1v) is 37.8. The van der Waals surface area contributed by atoms with E-state index < -0.39 is 93.9 Å². The number of carbonyl (C=O) groups is 7. The van der Waals surface area contributed by atoms with Gasteiger partial charge in [0.2, 0.25) is 11.6 Å². The topological polar surface area (TPSA) is 480 Å². The molecule has 1 aliphatic carbocycles. The van der Waals surface area contributed by atoms with Gasteiger partial charge in [-0.25, -0.2) is 18.0 Å². The molecular formula is C68H87N5O25S4. The van der Waals surface area contributed by atoms with Gasteiger partial charge >= 0.3 is 51.3 Å². The number of hydrogen-bond acceptors (Lipinski definition) is 22. The van der Waals surface area contributed by atoms with Gasteiger partial charge in [-0.2, -0.15) is 22.6 Å². The molecule has 0 unspecified atom stereocenters. The number of anilines is 1. The van der Waals surface area contributed by atoms with Crippen LogP contribution < -0.4 is 25.6 Å². The van der Waals surface area contributed by atoms with E-state index in [2.05, 4.69) is 89.6 Å². The van der Waals surface area contributed by atoms with Gasteiger partial charge in [0.05, 0.1) is 27.2 Å². The molecule has 34 heteroatoms. The van der Waals surface area contributed by atoms with Crippen molar-refractivity contribution < 1.29 is 119 Å². The second-order valence-electron chi connectivity index (χ2n) is 25.0. The minimum atomic E-state index is -4.38. The second-order valence-corrected chi connectivity index (χ2v) is 28.9. The Labute approximate surface area is 595 Å². The summed E-state index contributed by atoms with van der Waals surface area (Å²) in [7, 11) is -14.7. The van der Waals surface area contributed by atoms with E-state index in [1.807, 2.05) is 36.4 Å². The number of allylic oxidation sites excluding steroid dienone is 7. The van der Waals surface area contributed by atoms with E-state index in [1.54, 1.807) is 24.3 Å². The molecular weight excluding hydrogens is 1420 g/mol. The van der Waals surface area contributed by atoms with Crippen molar-refractivity contribution in [1.29, 1.82) is 0 Å². The molecule has 3 aliphatic rings. The van der Waals surface area contributed by atoms with Crippen molar-refractivity contribution in [2.45, 2.75) is 167 Å². The fourth-order valence-corrected chi connectivity index (χ4v) is 13.0. The van der Waals surface area contributed by atoms with Crippen LogP contribution in [0, 0.1) is 5.92 Å². The number of aliphatic carboxylic acids is 3. The summed E-state index contributed by atoms with van der Waals surface area (Å²) in [5, 5.41) is 35.8. The van der Waals surface area contributed by atoms with Gasteiger partial charge in [-0.15, -0.1) is 25.3 Å². The number of rotatable bonds is 38. The highest BCUT2D eigenvalue weighted by Crippen LogP contribution is 2.48. The highest BCUT2D eigenvalue weighted by atomic mass is 32.2. The zero-order valence-corrected chi connectivity index (χ0v) is 60.2. The third-order valence-corrected chi connectivity index (χ3v) is 18.3. The fraction of sp³-hybridized carbons (Fsp3) is 0.485. The van der Waals surface area contributed by atoms with Crippen LogP contribution in [-0.2, 0) is 97.1 Å². The van der Waals surface area contributed by atoms with Crippen LogP contribution in [0.4, 0.5) is 16.2 Å². The number of unbranched alkanes of at least 4 members (excludes halogenated alkanes) is 3. The smallest absolute Gasteiger partial charge is 0.425 e. The van der Waals surface area contributed by atoms with E-state index in [0.29, 0.717) is 68.7 Å². The van der Waals surface area contributed by atoms with Crippen LogP contribution in [-0.4, -0.2) is 168 Å². The number of fused-ring (bicyclic) bond motifs is 2. The Morgan fingerprint density at radius 1 is 0.676 bits per heavy atom. The van der Waals surface area contributed by atoms with Crippen LogP contribution in [0.25, 0.3) is 0 Å². The zero-order chi connectivity index (χ0) is 76.4.